The first-order chi connectivity index (χ1) is 20.1. The fraction of sp³-hybridized carbons (Fsp3) is 0.433. The van der Waals surface area contributed by atoms with Crippen molar-refractivity contribution in [3.05, 3.63) is 83.9 Å². The van der Waals surface area contributed by atoms with E-state index >= 15 is 0 Å². The summed E-state index contributed by atoms with van der Waals surface area (Å²) in [5.41, 5.74) is 1.76. The minimum Gasteiger partial charge on any atom is -0.497 e. The van der Waals surface area contributed by atoms with Gasteiger partial charge in [-0.3, -0.25) is 9.59 Å². The van der Waals surface area contributed by atoms with Crippen LogP contribution in [0.2, 0.25) is 0 Å². The smallest absolute Gasteiger partial charge is 0.245 e. The molecule has 0 spiro atoms. The molecule has 2 amide bonds. The van der Waals surface area contributed by atoms with Crippen LogP contribution in [0.15, 0.2) is 67.1 Å². The number of nitrogens with zero attached hydrogens (tertiary/aromatic N) is 2. The van der Waals surface area contributed by atoms with Gasteiger partial charge >= 0.3 is 0 Å². The zero-order chi connectivity index (χ0) is 30.2. The van der Waals surface area contributed by atoms with Gasteiger partial charge in [0.25, 0.3) is 0 Å². The summed E-state index contributed by atoms with van der Waals surface area (Å²) in [7, 11) is -2.16. The monoisotopic (exact) mass is 597 g/mol. The molecule has 2 heterocycles. The zero-order valence-electron chi connectivity index (χ0n) is 24.2. The maximum Gasteiger partial charge on any atom is 0.245 e. The second kappa shape index (κ2) is 14.0. The zero-order valence-corrected chi connectivity index (χ0v) is 25.0. The fourth-order valence-electron chi connectivity index (χ4n) is 4.99. The van der Waals surface area contributed by atoms with Gasteiger partial charge in [0.15, 0.2) is 0 Å². The highest BCUT2D eigenvalue weighted by atomic mass is 32.2. The first-order valence-electron chi connectivity index (χ1n) is 14.0. The molecule has 2 atom stereocenters. The lowest BCUT2D eigenvalue weighted by Gasteiger charge is -2.51. The fourth-order valence-corrected chi connectivity index (χ4v) is 5.70. The Morgan fingerprint density at radius 3 is 2.38 bits per heavy atom. The molecule has 1 saturated heterocycles. The van der Waals surface area contributed by atoms with Crippen LogP contribution in [-0.4, -0.2) is 80.2 Å². The summed E-state index contributed by atoms with van der Waals surface area (Å²) < 4.78 is 38.2. The van der Waals surface area contributed by atoms with Gasteiger partial charge in [-0.05, 0) is 29.7 Å². The molecule has 0 aliphatic carbocycles. The lowest BCUT2D eigenvalue weighted by Crippen LogP contribution is -2.66. The van der Waals surface area contributed by atoms with Crippen LogP contribution < -0.4 is 14.8 Å². The van der Waals surface area contributed by atoms with Gasteiger partial charge in [0.05, 0.1) is 32.8 Å². The predicted octanol–water partition coefficient (Wildman–Crippen LogP) is 2.16. The highest BCUT2D eigenvalue weighted by molar-refractivity contribution is 7.88. The van der Waals surface area contributed by atoms with Crippen LogP contribution in [0, 0.1) is 0 Å². The van der Waals surface area contributed by atoms with Crippen LogP contribution in [0.3, 0.4) is 0 Å². The van der Waals surface area contributed by atoms with E-state index in [4.69, 9.17) is 9.47 Å². The van der Waals surface area contributed by atoms with E-state index < -0.39 is 33.6 Å². The predicted molar refractivity (Wildman–Crippen MR) is 158 cm³/mol. The highest BCUT2D eigenvalue weighted by Gasteiger charge is 2.49. The van der Waals surface area contributed by atoms with E-state index in [1.807, 2.05) is 42.5 Å². The maximum atomic E-state index is 13.9. The van der Waals surface area contributed by atoms with Crippen molar-refractivity contribution in [1.29, 1.82) is 0 Å². The van der Waals surface area contributed by atoms with Crippen molar-refractivity contribution in [3.63, 3.8) is 0 Å². The molecule has 0 bridgehead atoms. The van der Waals surface area contributed by atoms with E-state index in [1.54, 1.807) is 24.1 Å². The van der Waals surface area contributed by atoms with Gasteiger partial charge < -0.3 is 24.7 Å². The Hall–Kier alpha value is -3.74. The Kier molecular flexibility index (Phi) is 10.4. The summed E-state index contributed by atoms with van der Waals surface area (Å²) in [6, 6.07) is 15.0. The molecule has 226 valence electrons. The molecular weight excluding hydrogens is 558 g/mol. The third kappa shape index (κ3) is 8.17. The molecule has 3 N–H and O–H groups in total. The average molecular weight is 598 g/mol. The number of H-pyrrole nitrogens is 1. The summed E-state index contributed by atoms with van der Waals surface area (Å²) in [6.45, 7) is 3.35. The Bertz CT molecular complexity index is 1410. The average Bonchev–Trinajstić information content (AvgIpc) is 3.46. The number of hydrogen-bond donors (Lipinski definition) is 3. The molecule has 0 radical (unpaired) electrons. The number of benzene rings is 2. The van der Waals surface area contributed by atoms with E-state index in [2.05, 4.69) is 26.9 Å². The van der Waals surface area contributed by atoms with E-state index in [0.717, 1.165) is 30.2 Å². The first kappa shape index (κ1) is 31.2. The number of hydrogen-bond acceptors (Lipinski definition) is 7. The second-order valence-corrected chi connectivity index (χ2v) is 12.4. The normalized spacial score (nSPS) is 15.8. The Morgan fingerprint density at radius 1 is 1.07 bits per heavy atom. The van der Waals surface area contributed by atoms with Crippen molar-refractivity contribution < 1.29 is 27.5 Å². The topological polar surface area (TPSA) is 143 Å². The molecule has 11 nitrogen and oxygen atoms in total. The summed E-state index contributed by atoms with van der Waals surface area (Å²) in [6.07, 6.45) is 6.10. The summed E-state index contributed by atoms with van der Waals surface area (Å²) in [4.78, 5) is 36.0. The standard InChI is InChI=1S/C30H39N5O6S/c1-4-5-15-41-30(23-9-7-6-8-10-23)19-35(20-30)29(37)27(16-22-11-13-25(40-2)14-12-22)33-28(36)26(34-42(3,38)39)17-24-18-31-21-32-24/h6-14,18,21,26-27,34H,4-5,15-17,19-20H2,1-3H3,(H,31,32)(H,33,36). The van der Waals surface area contributed by atoms with Gasteiger partial charge in [-0.2, -0.15) is 0 Å². The van der Waals surface area contributed by atoms with Gasteiger partial charge in [0.2, 0.25) is 21.8 Å². The number of nitrogens with one attached hydrogen (secondary N) is 3. The highest BCUT2D eigenvalue weighted by Crippen LogP contribution is 2.36. The van der Waals surface area contributed by atoms with Gasteiger partial charge in [-0.15, -0.1) is 0 Å². The summed E-state index contributed by atoms with van der Waals surface area (Å²) in [5, 5.41) is 2.83. The molecule has 1 fully saturated rings. The third-order valence-electron chi connectivity index (χ3n) is 7.25. The number of ether oxygens (including phenoxy) is 2. The Morgan fingerprint density at radius 2 is 1.79 bits per heavy atom. The van der Waals surface area contributed by atoms with Gasteiger partial charge in [0.1, 0.15) is 23.4 Å². The van der Waals surface area contributed by atoms with Crippen LogP contribution in [-0.2, 0) is 42.8 Å². The van der Waals surface area contributed by atoms with Crippen LogP contribution >= 0.6 is 0 Å². The molecule has 12 heteroatoms. The second-order valence-electron chi connectivity index (χ2n) is 10.6. The number of aromatic nitrogens is 2. The van der Waals surface area contributed by atoms with Crippen LogP contribution in [0.5, 0.6) is 5.75 Å². The van der Waals surface area contributed by atoms with Crippen molar-refractivity contribution in [2.45, 2.75) is 50.3 Å². The van der Waals surface area contributed by atoms with Gasteiger partial charge in [-0.1, -0.05) is 55.8 Å². The lowest BCUT2D eigenvalue weighted by molar-refractivity contribution is -0.175. The number of aromatic amines is 1. The van der Waals surface area contributed by atoms with E-state index in [0.29, 0.717) is 31.1 Å². The van der Waals surface area contributed by atoms with E-state index in [-0.39, 0.29) is 18.7 Å². The number of sulfonamides is 1. The first-order valence-corrected chi connectivity index (χ1v) is 15.9. The van der Waals surface area contributed by atoms with Crippen LogP contribution in [0.1, 0.15) is 36.6 Å². The number of carbonyl (C=O) groups excluding carboxylic acids is 2. The van der Waals surface area contributed by atoms with Crippen molar-refractivity contribution in [1.82, 2.24) is 24.9 Å². The largest absolute Gasteiger partial charge is 0.497 e. The van der Waals surface area contributed by atoms with Gasteiger partial charge in [0, 0.05) is 31.3 Å². The third-order valence-corrected chi connectivity index (χ3v) is 7.96. The van der Waals surface area contributed by atoms with Crippen molar-refractivity contribution in [3.8, 4) is 5.75 Å². The molecule has 3 aromatic rings. The quantitative estimate of drug-likeness (QED) is 0.228. The van der Waals surface area contributed by atoms with Crippen LogP contribution in [0.4, 0.5) is 0 Å². The number of amides is 2. The van der Waals surface area contributed by atoms with Crippen LogP contribution in [0.25, 0.3) is 0 Å². The van der Waals surface area contributed by atoms with Crippen molar-refractivity contribution in [2.75, 3.05) is 33.1 Å². The van der Waals surface area contributed by atoms with E-state index in [1.165, 1.54) is 12.5 Å². The molecule has 42 heavy (non-hydrogen) atoms. The number of carbonyl (C=O) groups is 2. The summed E-state index contributed by atoms with van der Waals surface area (Å²) in [5.74, 6) is -0.220. The summed E-state index contributed by atoms with van der Waals surface area (Å²) >= 11 is 0. The number of methoxy groups -OCH3 is 1. The number of imidazole rings is 1. The Labute approximate surface area is 247 Å². The molecule has 0 saturated carbocycles. The molecule has 4 rings (SSSR count). The Balaban J connectivity index is 1.55. The lowest BCUT2D eigenvalue weighted by atomic mass is 9.84. The molecule has 1 aromatic heterocycles. The molecule has 1 aliphatic rings. The van der Waals surface area contributed by atoms with Gasteiger partial charge in [-0.25, -0.2) is 18.1 Å². The minimum absolute atomic E-state index is 0.0362. The SMILES string of the molecule is CCCCOC1(c2ccccc2)CN(C(=O)C(Cc2ccc(OC)cc2)NC(=O)C(Cc2cnc[nH]2)NS(C)(=O)=O)C1. The molecular formula is C30H39N5O6S. The maximum absolute atomic E-state index is 13.9. The molecule has 1 aliphatic heterocycles. The van der Waals surface area contributed by atoms with Crippen molar-refractivity contribution >= 4 is 21.8 Å². The van der Waals surface area contributed by atoms with E-state index in [9.17, 15) is 18.0 Å². The minimum atomic E-state index is -3.73. The number of likely N-dealkylation sites (tertiary alicyclic amines) is 1. The van der Waals surface area contributed by atoms with Crippen molar-refractivity contribution in [2.24, 2.45) is 0 Å². The number of unbranched alkanes of at least 4 members (excludes halogenated alkanes) is 1. The number of rotatable bonds is 15. The molecule has 2 aromatic carbocycles. The molecule has 2 unspecified atom stereocenters.